The van der Waals surface area contributed by atoms with Crippen LogP contribution in [0.25, 0.3) is 0 Å². The third kappa shape index (κ3) is 7.17. The molecule has 3 unspecified atom stereocenters. The number of nitrogens with zero attached hydrogens (tertiary/aromatic N) is 4. The molecule has 1 amide bonds. The molecule has 1 aromatic rings. The molecule has 11 heteroatoms. The summed E-state index contributed by atoms with van der Waals surface area (Å²) in [6.07, 6.45) is 3.94. The van der Waals surface area contributed by atoms with Gasteiger partial charge in [-0.05, 0) is 51.4 Å². The Balaban J connectivity index is 1.54. The number of pyridine rings is 1. The van der Waals surface area contributed by atoms with E-state index >= 15 is 0 Å². The summed E-state index contributed by atoms with van der Waals surface area (Å²) in [5, 5.41) is 11.8. The van der Waals surface area contributed by atoms with Crippen LogP contribution < -0.4 is 5.32 Å². The molecule has 0 aromatic carbocycles. The number of likely N-dealkylation sites (tertiary alicyclic amines) is 1. The van der Waals surface area contributed by atoms with Crippen molar-refractivity contribution < 1.29 is 23.1 Å². The van der Waals surface area contributed by atoms with Gasteiger partial charge in [-0.1, -0.05) is 18.7 Å². The molecule has 0 aliphatic carbocycles. The van der Waals surface area contributed by atoms with Crippen LogP contribution in [0.4, 0.5) is 14.6 Å². The number of nitrogens with one attached hydrogen (secondary N) is 1. The van der Waals surface area contributed by atoms with E-state index < -0.39 is 17.8 Å². The maximum absolute atomic E-state index is 14.7. The van der Waals surface area contributed by atoms with E-state index in [0.717, 1.165) is 12.8 Å². The molecule has 196 valence electrons. The molecule has 2 aliphatic rings. The molecule has 3 rings (SSSR count). The van der Waals surface area contributed by atoms with Gasteiger partial charge in [0.25, 0.3) is 0 Å². The van der Waals surface area contributed by atoms with Gasteiger partial charge in [-0.15, -0.1) is 11.8 Å². The summed E-state index contributed by atoms with van der Waals surface area (Å²) >= 11 is 1.41. The van der Waals surface area contributed by atoms with Crippen LogP contribution in [0.3, 0.4) is 0 Å². The van der Waals surface area contributed by atoms with Gasteiger partial charge in [0.2, 0.25) is 5.91 Å². The number of nitriles is 1. The zero-order valence-electron chi connectivity index (χ0n) is 20.5. The van der Waals surface area contributed by atoms with Crippen molar-refractivity contribution in [2.45, 2.75) is 49.2 Å². The first-order chi connectivity index (χ1) is 17.3. The van der Waals surface area contributed by atoms with Gasteiger partial charge in [0, 0.05) is 19.5 Å². The number of amides is 1. The number of rotatable bonds is 13. The number of hydrogen-bond acceptors (Lipinski definition) is 8. The summed E-state index contributed by atoms with van der Waals surface area (Å²) in [5.41, 5.74) is -0.270. The summed E-state index contributed by atoms with van der Waals surface area (Å²) in [4.78, 5) is 32.6. The van der Waals surface area contributed by atoms with Gasteiger partial charge in [-0.3, -0.25) is 14.5 Å². The molecule has 1 aromatic heterocycles. The quantitative estimate of drug-likeness (QED) is 0.311. The number of thioether (sulfide) groups is 1. The molecule has 2 fully saturated rings. The molecule has 8 nitrogen and oxygen atoms in total. The van der Waals surface area contributed by atoms with Gasteiger partial charge >= 0.3 is 11.9 Å². The van der Waals surface area contributed by atoms with Crippen molar-refractivity contribution in [2.24, 2.45) is 5.92 Å². The Morgan fingerprint density at radius 3 is 2.86 bits per heavy atom. The SMILES string of the molecule is C=CCOC(=O)C(C#N)CC1SC(CCNc2cccc(C(F)(F)CN3CCCC3)n2)C(=O)N1CC. The second-order valence-electron chi connectivity index (χ2n) is 8.85. The topological polar surface area (TPSA) is 98.6 Å². The van der Waals surface area contributed by atoms with Gasteiger partial charge < -0.3 is 15.0 Å². The molecular weight excluding hydrogens is 488 g/mol. The fourth-order valence-electron chi connectivity index (χ4n) is 4.40. The average Bonchev–Trinajstić information content (AvgIpc) is 3.48. The predicted molar refractivity (Wildman–Crippen MR) is 134 cm³/mol. The first kappa shape index (κ1) is 27.9. The van der Waals surface area contributed by atoms with Crippen molar-refractivity contribution in [3.8, 4) is 6.07 Å². The second kappa shape index (κ2) is 13.0. The van der Waals surface area contributed by atoms with Gasteiger partial charge in [0.05, 0.1) is 23.2 Å². The average molecular weight is 522 g/mol. The van der Waals surface area contributed by atoms with Crippen LogP contribution in [0, 0.1) is 17.2 Å². The number of carbonyl (C=O) groups excluding carboxylic acids is 2. The Morgan fingerprint density at radius 2 is 2.19 bits per heavy atom. The molecule has 0 bridgehead atoms. The lowest BCUT2D eigenvalue weighted by atomic mass is 10.1. The lowest BCUT2D eigenvalue weighted by molar-refractivity contribution is -0.146. The minimum Gasteiger partial charge on any atom is -0.460 e. The molecule has 3 heterocycles. The van der Waals surface area contributed by atoms with Crippen molar-refractivity contribution in [3.63, 3.8) is 0 Å². The van der Waals surface area contributed by atoms with Gasteiger partial charge in [-0.2, -0.15) is 14.0 Å². The second-order valence-corrected chi connectivity index (χ2v) is 10.2. The minimum absolute atomic E-state index is 0.0268. The number of carbonyl (C=O) groups is 2. The van der Waals surface area contributed by atoms with Crippen LogP contribution in [0.2, 0.25) is 0 Å². The molecule has 2 aliphatic heterocycles. The highest BCUT2D eigenvalue weighted by atomic mass is 32.2. The number of alkyl halides is 2. The Morgan fingerprint density at radius 1 is 1.44 bits per heavy atom. The van der Waals surface area contributed by atoms with Crippen molar-refractivity contribution in [1.29, 1.82) is 5.26 Å². The highest BCUT2D eigenvalue weighted by Crippen LogP contribution is 2.37. The Kier molecular flexibility index (Phi) is 10.1. The van der Waals surface area contributed by atoms with Crippen LogP contribution in [-0.4, -0.2) is 76.6 Å². The molecular formula is C25H33F2N5O3S. The molecule has 0 radical (unpaired) electrons. The summed E-state index contributed by atoms with van der Waals surface area (Å²) in [5.74, 6) is -4.38. The molecule has 1 N–H and O–H groups in total. The van der Waals surface area contributed by atoms with Gasteiger partial charge in [0.1, 0.15) is 24.0 Å². The number of esters is 1. The Labute approximate surface area is 215 Å². The van der Waals surface area contributed by atoms with E-state index in [2.05, 4.69) is 16.9 Å². The van der Waals surface area contributed by atoms with Crippen molar-refractivity contribution in [3.05, 3.63) is 36.5 Å². The Bertz CT molecular complexity index is 967. The number of ether oxygens (including phenoxy) is 1. The highest BCUT2D eigenvalue weighted by molar-refractivity contribution is 8.01. The zero-order valence-corrected chi connectivity index (χ0v) is 21.3. The standard InChI is InChI=1S/C25H33F2N5O3S/c1-3-14-35-24(34)18(16-28)15-22-32(4-2)23(33)19(36-22)10-11-29-21-9-7-8-20(30-21)25(26,27)17-31-12-5-6-13-31/h3,7-9,18-19,22H,1,4-6,10-15,17H2,2H3,(H,29,30). The van der Waals surface area contributed by atoms with Crippen molar-refractivity contribution in [2.75, 3.05) is 44.6 Å². The number of hydrogen-bond donors (Lipinski definition) is 1. The summed E-state index contributed by atoms with van der Waals surface area (Å²) in [7, 11) is 0. The molecule has 2 saturated heterocycles. The summed E-state index contributed by atoms with van der Waals surface area (Å²) in [6, 6.07) is 6.50. The molecule has 36 heavy (non-hydrogen) atoms. The maximum atomic E-state index is 14.7. The number of anilines is 1. The van der Waals surface area contributed by atoms with Crippen molar-refractivity contribution >= 4 is 29.5 Å². The van der Waals surface area contributed by atoms with E-state index in [1.165, 1.54) is 23.9 Å². The first-order valence-corrected chi connectivity index (χ1v) is 13.2. The fourth-order valence-corrected chi connectivity index (χ4v) is 5.99. The normalized spacial score (nSPS) is 21.3. The lowest BCUT2D eigenvalue weighted by Gasteiger charge is -2.23. The highest BCUT2D eigenvalue weighted by Gasteiger charge is 2.41. The first-order valence-electron chi connectivity index (χ1n) is 12.2. The number of aromatic nitrogens is 1. The van der Waals surface area contributed by atoms with E-state index in [0.29, 0.717) is 38.4 Å². The van der Waals surface area contributed by atoms with Crippen molar-refractivity contribution in [1.82, 2.24) is 14.8 Å². The van der Waals surface area contributed by atoms with Gasteiger partial charge in [-0.25, -0.2) is 4.98 Å². The van der Waals surface area contributed by atoms with E-state index in [1.54, 1.807) is 21.9 Å². The van der Waals surface area contributed by atoms with Gasteiger partial charge in [0.15, 0.2) is 0 Å². The van der Waals surface area contributed by atoms with E-state index in [9.17, 15) is 23.6 Å². The fraction of sp³-hybridized carbons (Fsp3) is 0.600. The van der Waals surface area contributed by atoms with Crippen LogP contribution in [0.1, 0.15) is 38.3 Å². The summed E-state index contributed by atoms with van der Waals surface area (Å²) < 4.78 is 34.5. The largest absolute Gasteiger partial charge is 0.460 e. The third-order valence-corrected chi connectivity index (χ3v) is 7.77. The smallest absolute Gasteiger partial charge is 0.323 e. The Hall–Kier alpha value is -2.71. The zero-order chi connectivity index (χ0) is 26.1. The van der Waals surface area contributed by atoms with Crippen LogP contribution >= 0.6 is 11.8 Å². The van der Waals surface area contributed by atoms with Crippen LogP contribution in [0.15, 0.2) is 30.9 Å². The third-order valence-electron chi connectivity index (χ3n) is 6.25. The molecule has 0 saturated carbocycles. The lowest BCUT2D eigenvalue weighted by Crippen LogP contribution is -2.36. The minimum atomic E-state index is -3.04. The van der Waals surface area contributed by atoms with E-state index in [4.69, 9.17) is 4.74 Å². The maximum Gasteiger partial charge on any atom is 0.323 e. The van der Waals surface area contributed by atoms with Crippen LogP contribution in [0.5, 0.6) is 0 Å². The van der Waals surface area contributed by atoms with Crippen LogP contribution in [-0.2, 0) is 20.2 Å². The molecule has 0 spiro atoms. The summed E-state index contributed by atoms with van der Waals surface area (Å²) in [6.45, 7) is 7.21. The monoisotopic (exact) mass is 521 g/mol. The predicted octanol–water partition coefficient (Wildman–Crippen LogP) is 3.62. The van der Waals surface area contributed by atoms with E-state index in [-0.39, 0.29) is 41.8 Å². The number of halogens is 2. The molecule has 3 atom stereocenters. The van der Waals surface area contributed by atoms with E-state index in [1.807, 2.05) is 13.0 Å².